The van der Waals surface area contributed by atoms with Crippen molar-refractivity contribution >= 4 is 5.91 Å². The summed E-state index contributed by atoms with van der Waals surface area (Å²) in [5.74, 6) is 5.13. The fraction of sp³-hybridized carbons (Fsp3) is 0.294. The van der Waals surface area contributed by atoms with Gasteiger partial charge in [-0.25, -0.2) is 0 Å². The zero-order valence-corrected chi connectivity index (χ0v) is 14.1. The van der Waals surface area contributed by atoms with Gasteiger partial charge in [0.1, 0.15) is 17.9 Å². The lowest BCUT2D eigenvalue weighted by Crippen LogP contribution is -2.23. The molecule has 9 heteroatoms. The molecule has 1 aromatic heterocycles. The van der Waals surface area contributed by atoms with E-state index in [1.54, 1.807) is 7.05 Å². The van der Waals surface area contributed by atoms with Gasteiger partial charge in [-0.15, -0.1) is 5.10 Å². The van der Waals surface area contributed by atoms with Crippen LogP contribution in [-0.2, 0) is 13.2 Å². The number of rotatable bonds is 5. The number of nitrogens with zero attached hydrogens (tertiary/aromatic N) is 2. The van der Waals surface area contributed by atoms with Crippen LogP contribution in [0.5, 0.6) is 11.6 Å². The molecule has 0 atom stereocenters. The fourth-order valence-corrected chi connectivity index (χ4v) is 1.99. The van der Waals surface area contributed by atoms with E-state index in [4.69, 9.17) is 9.47 Å². The Balaban J connectivity index is 1.82. The monoisotopic (exact) mass is 367 g/mol. The Morgan fingerprint density at radius 3 is 2.81 bits per heavy atom. The van der Waals surface area contributed by atoms with Crippen LogP contribution >= 0.6 is 0 Å². The summed E-state index contributed by atoms with van der Waals surface area (Å²) in [5.41, 5.74) is -0.516. The molecule has 2 aromatic rings. The summed E-state index contributed by atoms with van der Waals surface area (Å²) >= 11 is 0. The Morgan fingerprint density at radius 1 is 1.35 bits per heavy atom. The minimum absolute atomic E-state index is 0.0445. The van der Waals surface area contributed by atoms with Gasteiger partial charge in [0.2, 0.25) is 5.88 Å². The topological polar surface area (TPSA) is 65.4 Å². The second-order valence-corrected chi connectivity index (χ2v) is 5.08. The highest BCUT2D eigenvalue weighted by Gasteiger charge is 2.30. The molecule has 0 unspecified atom stereocenters. The van der Waals surface area contributed by atoms with Gasteiger partial charge >= 0.3 is 6.18 Å². The second-order valence-electron chi connectivity index (χ2n) is 5.08. The lowest BCUT2D eigenvalue weighted by atomic mass is 10.2. The Kier molecular flexibility index (Phi) is 6.11. The Bertz CT molecular complexity index is 835. The summed E-state index contributed by atoms with van der Waals surface area (Å²) in [7, 11) is 3.06. The van der Waals surface area contributed by atoms with E-state index in [9.17, 15) is 18.0 Å². The largest absolute Gasteiger partial charge is 0.481 e. The van der Waals surface area contributed by atoms with Gasteiger partial charge in [-0.3, -0.25) is 9.48 Å². The molecule has 1 aromatic carbocycles. The average Bonchev–Trinajstić information content (AvgIpc) is 2.98. The highest BCUT2D eigenvalue weighted by molar-refractivity contribution is 5.96. The molecule has 0 saturated heterocycles. The van der Waals surface area contributed by atoms with E-state index in [0.717, 1.165) is 12.1 Å². The van der Waals surface area contributed by atoms with Crippen LogP contribution in [0.2, 0.25) is 0 Å². The van der Waals surface area contributed by atoms with Gasteiger partial charge in [0.15, 0.2) is 0 Å². The molecule has 2 rings (SSSR count). The van der Waals surface area contributed by atoms with E-state index in [1.807, 2.05) is 0 Å². The summed E-state index contributed by atoms with van der Waals surface area (Å²) < 4.78 is 49.4. The van der Waals surface area contributed by atoms with Crippen molar-refractivity contribution in [3.8, 4) is 23.5 Å². The third kappa shape index (κ3) is 5.17. The predicted octanol–water partition coefficient (Wildman–Crippen LogP) is 2.26. The van der Waals surface area contributed by atoms with Gasteiger partial charge < -0.3 is 14.8 Å². The number of hydrogen-bond acceptors (Lipinski definition) is 4. The number of nitrogens with one attached hydrogen (secondary N) is 1. The summed E-state index contributed by atoms with van der Waals surface area (Å²) in [6.45, 7) is -0.0593. The lowest BCUT2D eigenvalue weighted by Gasteiger charge is -2.08. The van der Waals surface area contributed by atoms with Crippen LogP contribution < -0.4 is 14.8 Å². The second kappa shape index (κ2) is 8.29. The maximum absolute atomic E-state index is 12.6. The minimum Gasteiger partial charge on any atom is -0.481 e. The van der Waals surface area contributed by atoms with Crippen LogP contribution in [-0.4, -0.2) is 35.9 Å². The molecule has 26 heavy (non-hydrogen) atoms. The molecular formula is C17H16F3N3O3. The van der Waals surface area contributed by atoms with Crippen LogP contribution in [0.3, 0.4) is 0 Å². The summed E-state index contributed by atoms with van der Waals surface area (Å²) in [5, 5.41) is 6.53. The van der Waals surface area contributed by atoms with Crippen molar-refractivity contribution in [2.45, 2.75) is 6.18 Å². The maximum Gasteiger partial charge on any atom is 0.416 e. The zero-order valence-electron chi connectivity index (χ0n) is 14.1. The van der Waals surface area contributed by atoms with Crippen molar-refractivity contribution in [3.05, 3.63) is 41.6 Å². The first kappa shape index (κ1) is 19.2. The fourth-order valence-electron chi connectivity index (χ4n) is 1.99. The molecule has 1 N–H and O–H groups in total. The normalized spacial score (nSPS) is 10.7. The van der Waals surface area contributed by atoms with Crippen molar-refractivity contribution in [2.24, 2.45) is 7.05 Å². The molecular weight excluding hydrogens is 351 g/mol. The van der Waals surface area contributed by atoms with Crippen molar-refractivity contribution in [2.75, 3.05) is 20.3 Å². The smallest absolute Gasteiger partial charge is 0.416 e. The Hall–Kier alpha value is -3.15. The summed E-state index contributed by atoms with van der Waals surface area (Å²) in [6.07, 6.45) is -2.92. The van der Waals surface area contributed by atoms with Crippen molar-refractivity contribution < 1.29 is 27.4 Å². The van der Waals surface area contributed by atoms with Gasteiger partial charge in [0, 0.05) is 13.2 Å². The van der Waals surface area contributed by atoms with Crippen LogP contribution in [0.15, 0.2) is 30.5 Å². The van der Waals surface area contributed by atoms with Gasteiger partial charge in [-0.1, -0.05) is 17.9 Å². The minimum atomic E-state index is -4.43. The van der Waals surface area contributed by atoms with Crippen LogP contribution in [0.4, 0.5) is 13.2 Å². The maximum atomic E-state index is 12.6. The first-order valence-corrected chi connectivity index (χ1v) is 7.43. The molecule has 0 aliphatic heterocycles. The van der Waals surface area contributed by atoms with E-state index >= 15 is 0 Å². The third-order valence-corrected chi connectivity index (χ3v) is 3.17. The number of benzene rings is 1. The van der Waals surface area contributed by atoms with Crippen LogP contribution in [0, 0.1) is 11.8 Å². The van der Waals surface area contributed by atoms with Gasteiger partial charge in [-0.05, 0) is 18.2 Å². The molecule has 6 nitrogen and oxygen atoms in total. The molecule has 0 fully saturated rings. The first-order chi connectivity index (χ1) is 12.3. The van der Waals surface area contributed by atoms with Gasteiger partial charge in [-0.2, -0.15) is 13.2 Å². The average molecular weight is 367 g/mol. The first-order valence-electron chi connectivity index (χ1n) is 7.43. The van der Waals surface area contributed by atoms with E-state index in [1.165, 1.54) is 30.1 Å². The van der Waals surface area contributed by atoms with Crippen LogP contribution in [0.25, 0.3) is 0 Å². The van der Waals surface area contributed by atoms with Crippen molar-refractivity contribution in [3.63, 3.8) is 0 Å². The molecule has 0 radical (unpaired) electrons. The van der Waals surface area contributed by atoms with Crippen molar-refractivity contribution in [1.82, 2.24) is 15.1 Å². The number of methoxy groups -OCH3 is 1. The molecule has 1 amide bonds. The molecule has 0 spiro atoms. The Morgan fingerprint density at radius 2 is 2.12 bits per heavy atom. The number of aryl methyl sites for hydroxylation is 1. The third-order valence-electron chi connectivity index (χ3n) is 3.17. The molecule has 1 heterocycles. The number of hydrogen-bond donors (Lipinski definition) is 1. The number of aromatic nitrogens is 2. The SMILES string of the molecule is COc1nn(C)cc1C(=O)NCC#CCOc1cccc(C(F)(F)F)c1. The number of carbonyl (C=O) groups is 1. The number of alkyl halides is 3. The zero-order chi connectivity index (χ0) is 19.2. The van der Waals surface area contributed by atoms with Gasteiger partial charge in [0.25, 0.3) is 5.91 Å². The van der Waals surface area contributed by atoms with E-state index in [-0.39, 0.29) is 30.3 Å². The quantitative estimate of drug-likeness (QED) is 0.824. The predicted molar refractivity (Wildman–Crippen MR) is 86.8 cm³/mol. The highest BCUT2D eigenvalue weighted by atomic mass is 19.4. The van der Waals surface area contributed by atoms with E-state index < -0.39 is 17.6 Å². The van der Waals surface area contributed by atoms with Crippen molar-refractivity contribution in [1.29, 1.82) is 0 Å². The van der Waals surface area contributed by atoms with E-state index in [2.05, 4.69) is 22.3 Å². The number of carbonyl (C=O) groups excluding carboxylic acids is 1. The number of halogens is 3. The molecule has 0 bridgehead atoms. The molecule has 138 valence electrons. The summed E-state index contributed by atoms with van der Waals surface area (Å²) in [4.78, 5) is 12.0. The highest BCUT2D eigenvalue weighted by Crippen LogP contribution is 2.31. The standard InChI is InChI=1S/C17H16F3N3O3/c1-23-11-14(16(22-23)25-2)15(24)21-8-3-4-9-26-13-7-5-6-12(10-13)17(18,19)20/h5-7,10-11H,8-9H2,1-2H3,(H,21,24). The molecule has 0 aliphatic rings. The number of ether oxygens (including phenoxy) is 2. The summed E-state index contributed by atoms with van der Waals surface area (Å²) in [6, 6.07) is 4.53. The van der Waals surface area contributed by atoms with Crippen LogP contribution in [0.1, 0.15) is 15.9 Å². The lowest BCUT2D eigenvalue weighted by molar-refractivity contribution is -0.137. The molecule has 0 aliphatic carbocycles. The molecule has 0 saturated carbocycles. The van der Waals surface area contributed by atoms with Gasteiger partial charge in [0.05, 0.1) is 19.2 Å². The number of amides is 1. The Labute approximate surface area is 147 Å². The van der Waals surface area contributed by atoms with E-state index in [0.29, 0.717) is 0 Å².